The molecular formula is C15H8ClNO. The van der Waals surface area contributed by atoms with Gasteiger partial charge in [0.05, 0.1) is 16.9 Å². The lowest BCUT2D eigenvalue weighted by atomic mass is 10.1. The normalized spacial score (nSPS) is 12.8. The summed E-state index contributed by atoms with van der Waals surface area (Å²) in [5.41, 5.74) is 3.46. The zero-order valence-corrected chi connectivity index (χ0v) is 10.1. The van der Waals surface area contributed by atoms with E-state index in [-0.39, 0.29) is 5.78 Å². The Labute approximate surface area is 108 Å². The van der Waals surface area contributed by atoms with Gasteiger partial charge in [0.15, 0.2) is 0 Å². The van der Waals surface area contributed by atoms with Gasteiger partial charge in [-0.3, -0.25) is 4.79 Å². The van der Waals surface area contributed by atoms with Crippen LogP contribution in [0.3, 0.4) is 0 Å². The SMILES string of the molecule is O=C1c2ccccc2-n2c1cc1cc(Cl)ccc12. The summed E-state index contributed by atoms with van der Waals surface area (Å²) in [5.74, 6) is 0.0814. The first-order valence-electron chi connectivity index (χ1n) is 5.71. The second kappa shape index (κ2) is 3.24. The van der Waals surface area contributed by atoms with Crippen LogP contribution in [-0.2, 0) is 0 Å². The third-order valence-corrected chi connectivity index (χ3v) is 3.62. The highest BCUT2D eigenvalue weighted by Crippen LogP contribution is 2.34. The molecule has 2 heterocycles. The number of aromatic nitrogens is 1. The Morgan fingerprint density at radius 2 is 1.83 bits per heavy atom. The average molecular weight is 254 g/mol. The molecule has 0 aliphatic carbocycles. The van der Waals surface area contributed by atoms with E-state index in [0.717, 1.165) is 22.2 Å². The highest BCUT2D eigenvalue weighted by atomic mass is 35.5. The van der Waals surface area contributed by atoms with Gasteiger partial charge in [0, 0.05) is 16.0 Å². The molecule has 0 unspecified atom stereocenters. The molecule has 2 aromatic carbocycles. The summed E-state index contributed by atoms with van der Waals surface area (Å²) in [6, 6.07) is 15.3. The standard InChI is InChI=1S/C15H8ClNO/c16-10-5-6-12-9(7-10)8-14-15(18)11-3-1-2-4-13(11)17(12)14/h1-8H. The van der Waals surface area contributed by atoms with Crippen LogP contribution in [0.15, 0.2) is 48.5 Å². The maximum absolute atomic E-state index is 12.3. The van der Waals surface area contributed by atoms with E-state index in [0.29, 0.717) is 10.7 Å². The second-order valence-corrected chi connectivity index (χ2v) is 4.85. The fourth-order valence-corrected chi connectivity index (χ4v) is 2.79. The summed E-state index contributed by atoms with van der Waals surface area (Å²) in [6.45, 7) is 0. The number of ketones is 1. The zero-order chi connectivity index (χ0) is 12.3. The Hall–Kier alpha value is -2.06. The van der Waals surface area contributed by atoms with E-state index in [4.69, 9.17) is 11.6 Å². The van der Waals surface area contributed by atoms with Crippen LogP contribution in [0.5, 0.6) is 0 Å². The predicted octanol–water partition coefficient (Wildman–Crippen LogP) is 3.83. The van der Waals surface area contributed by atoms with E-state index < -0.39 is 0 Å². The van der Waals surface area contributed by atoms with Crippen molar-refractivity contribution in [3.8, 4) is 5.69 Å². The number of halogens is 1. The van der Waals surface area contributed by atoms with Crippen molar-refractivity contribution in [3.05, 3.63) is 64.8 Å². The molecule has 86 valence electrons. The number of hydrogen-bond donors (Lipinski definition) is 0. The number of rotatable bonds is 0. The van der Waals surface area contributed by atoms with Gasteiger partial charge in [-0.25, -0.2) is 0 Å². The van der Waals surface area contributed by atoms with Crippen LogP contribution in [-0.4, -0.2) is 10.4 Å². The van der Waals surface area contributed by atoms with E-state index in [9.17, 15) is 4.79 Å². The number of benzene rings is 2. The largest absolute Gasteiger partial charge is 0.305 e. The Bertz CT molecular complexity index is 816. The van der Waals surface area contributed by atoms with Crippen molar-refractivity contribution in [2.45, 2.75) is 0 Å². The van der Waals surface area contributed by atoms with Crippen molar-refractivity contribution in [1.82, 2.24) is 4.57 Å². The quantitative estimate of drug-likeness (QED) is 0.467. The van der Waals surface area contributed by atoms with Crippen LogP contribution in [0.2, 0.25) is 5.02 Å². The highest BCUT2D eigenvalue weighted by molar-refractivity contribution is 6.31. The lowest BCUT2D eigenvalue weighted by Gasteiger charge is -2.03. The number of carbonyl (C=O) groups excluding carboxylic acids is 1. The molecule has 4 rings (SSSR count). The van der Waals surface area contributed by atoms with E-state index in [1.807, 2.05) is 53.1 Å². The van der Waals surface area contributed by atoms with Crippen molar-refractivity contribution in [3.63, 3.8) is 0 Å². The Morgan fingerprint density at radius 3 is 2.72 bits per heavy atom. The molecule has 1 aliphatic rings. The van der Waals surface area contributed by atoms with Gasteiger partial charge in [-0.15, -0.1) is 0 Å². The molecule has 18 heavy (non-hydrogen) atoms. The van der Waals surface area contributed by atoms with Crippen molar-refractivity contribution >= 4 is 28.3 Å². The number of carbonyl (C=O) groups is 1. The first-order valence-corrected chi connectivity index (χ1v) is 6.08. The molecule has 0 saturated heterocycles. The molecule has 0 bridgehead atoms. The number of fused-ring (bicyclic) bond motifs is 5. The Morgan fingerprint density at radius 1 is 1.00 bits per heavy atom. The molecule has 0 N–H and O–H groups in total. The van der Waals surface area contributed by atoms with E-state index in [1.165, 1.54) is 0 Å². The smallest absolute Gasteiger partial charge is 0.211 e. The molecule has 0 radical (unpaired) electrons. The van der Waals surface area contributed by atoms with E-state index in [1.54, 1.807) is 0 Å². The predicted molar refractivity (Wildman–Crippen MR) is 71.7 cm³/mol. The van der Waals surface area contributed by atoms with Gasteiger partial charge < -0.3 is 4.57 Å². The Kier molecular flexibility index (Phi) is 1.78. The third-order valence-electron chi connectivity index (χ3n) is 3.39. The molecule has 0 fully saturated rings. The summed E-state index contributed by atoms with van der Waals surface area (Å²) < 4.78 is 2.00. The van der Waals surface area contributed by atoms with Crippen LogP contribution in [0, 0.1) is 0 Å². The summed E-state index contributed by atoms with van der Waals surface area (Å²) in [4.78, 5) is 12.3. The van der Waals surface area contributed by atoms with Gasteiger partial charge >= 0.3 is 0 Å². The summed E-state index contributed by atoms with van der Waals surface area (Å²) in [5, 5.41) is 1.69. The maximum atomic E-state index is 12.3. The van der Waals surface area contributed by atoms with Crippen LogP contribution in [0.1, 0.15) is 16.1 Å². The molecule has 0 atom stereocenters. The lowest BCUT2D eigenvalue weighted by Crippen LogP contribution is -1.94. The van der Waals surface area contributed by atoms with Crippen LogP contribution in [0.25, 0.3) is 16.6 Å². The summed E-state index contributed by atoms with van der Waals surface area (Å²) in [6.07, 6.45) is 0. The van der Waals surface area contributed by atoms with Gasteiger partial charge in [-0.05, 0) is 36.4 Å². The monoisotopic (exact) mass is 253 g/mol. The molecule has 1 aliphatic heterocycles. The van der Waals surface area contributed by atoms with Crippen molar-refractivity contribution in [2.75, 3.05) is 0 Å². The van der Waals surface area contributed by atoms with Gasteiger partial charge in [-0.2, -0.15) is 0 Å². The fraction of sp³-hybridized carbons (Fsp3) is 0. The van der Waals surface area contributed by atoms with Crippen molar-refractivity contribution in [2.24, 2.45) is 0 Å². The summed E-state index contributed by atoms with van der Waals surface area (Å²) >= 11 is 5.98. The fourth-order valence-electron chi connectivity index (χ4n) is 2.61. The minimum atomic E-state index is 0.0814. The van der Waals surface area contributed by atoms with E-state index >= 15 is 0 Å². The van der Waals surface area contributed by atoms with Crippen molar-refractivity contribution < 1.29 is 4.79 Å². The number of hydrogen-bond acceptors (Lipinski definition) is 1. The minimum absolute atomic E-state index is 0.0814. The highest BCUT2D eigenvalue weighted by Gasteiger charge is 2.28. The lowest BCUT2D eigenvalue weighted by molar-refractivity contribution is 0.104. The molecule has 1 aromatic heterocycles. The van der Waals surface area contributed by atoms with Gasteiger partial charge in [-0.1, -0.05) is 23.7 Å². The summed E-state index contributed by atoms with van der Waals surface area (Å²) in [7, 11) is 0. The molecule has 2 nitrogen and oxygen atoms in total. The maximum Gasteiger partial charge on any atom is 0.211 e. The van der Waals surface area contributed by atoms with Crippen LogP contribution < -0.4 is 0 Å². The molecule has 0 saturated carbocycles. The number of nitrogens with zero attached hydrogens (tertiary/aromatic N) is 1. The number of para-hydroxylation sites is 1. The first kappa shape index (κ1) is 9.92. The average Bonchev–Trinajstić information content (AvgIpc) is 2.87. The zero-order valence-electron chi connectivity index (χ0n) is 9.35. The molecular weight excluding hydrogens is 246 g/mol. The third kappa shape index (κ3) is 1.11. The van der Waals surface area contributed by atoms with Gasteiger partial charge in [0.1, 0.15) is 0 Å². The second-order valence-electron chi connectivity index (χ2n) is 4.41. The van der Waals surface area contributed by atoms with Gasteiger partial charge in [0.25, 0.3) is 0 Å². The molecule has 0 spiro atoms. The van der Waals surface area contributed by atoms with Gasteiger partial charge in [0.2, 0.25) is 5.78 Å². The van der Waals surface area contributed by atoms with Crippen LogP contribution in [0.4, 0.5) is 0 Å². The van der Waals surface area contributed by atoms with Crippen molar-refractivity contribution in [1.29, 1.82) is 0 Å². The molecule has 3 heteroatoms. The topological polar surface area (TPSA) is 22.0 Å². The molecule has 3 aromatic rings. The molecule has 0 amide bonds. The van der Waals surface area contributed by atoms with E-state index in [2.05, 4.69) is 0 Å². The minimum Gasteiger partial charge on any atom is -0.305 e. The Balaban J connectivity index is 2.17. The first-order chi connectivity index (χ1) is 8.75. The van der Waals surface area contributed by atoms with Crippen LogP contribution >= 0.6 is 11.6 Å².